The van der Waals surface area contributed by atoms with Crippen LogP contribution in [0.3, 0.4) is 0 Å². The number of carboxylic acid groups (broad SMARTS) is 1. The summed E-state index contributed by atoms with van der Waals surface area (Å²) in [6, 6.07) is -1.47. The molecule has 0 aromatic carbocycles. The highest BCUT2D eigenvalue weighted by atomic mass is 16.5. The molecule has 3 N–H and O–H groups in total. The average molecular weight is 301 g/mol. The van der Waals surface area contributed by atoms with E-state index in [1.165, 1.54) is 4.90 Å². The third-order valence-corrected chi connectivity index (χ3v) is 3.83. The average Bonchev–Trinajstić information content (AvgIpc) is 2.82. The number of carboxylic acids is 1. The van der Waals surface area contributed by atoms with E-state index in [4.69, 9.17) is 9.84 Å². The number of urea groups is 1. The van der Waals surface area contributed by atoms with Crippen LogP contribution in [0.15, 0.2) is 0 Å². The lowest BCUT2D eigenvalue weighted by molar-refractivity contribution is -0.141. The van der Waals surface area contributed by atoms with Crippen LogP contribution >= 0.6 is 0 Å². The number of nitrogens with zero attached hydrogens (tertiary/aromatic N) is 2. The third kappa shape index (κ3) is 4.29. The first-order chi connectivity index (χ1) is 9.97. The summed E-state index contributed by atoms with van der Waals surface area (Å²) in [4.78, 5) is 26.7. The minimum absolute atomic E-state index is 0.0626. The Morgan fingerprint density at radius 3 is 2.67 bits per heavy atom. The van der Waals surface area contributed by atoms with Crippen molar-refractivity contribution in [1.29, 1.82) is 0 Å². The Labute approximate surface area is 123 Å². The molecule has 0 aromatic rings. The Morgan fingerprint density at radius 2 is 2.05 bits per heavy atom. The number of hydrogen-bond donors (Lipinski definition) is 3. The van der Waals surface area contributed by atoms with Gasteiger partial charge in [-0.25, -0.2) is 9.59 Å². The van der Waals surface area contributed by atoms with Crippen molar-refractivity contribution in [2.75, 3.05) is 39.4 Å². The molecule has 8 nitrogen and oxygen atoms in total. The van der Waals surface area contributed by atoms with Gasteiger partial charge in [-0.15, -0.1) is 0 Å². The first-order valence-corrected chi connectivity index (χ1v) is 7.25. The number of ether oxygens (including phenoxy) is 1. The van der Waals surface area contributed by atoms with E-state index in [2.05, 4.69) is 10.2 Å². The number of amides is 2. The summed E-state index contributed by atoms with van der Waals surface area (Å²) in [5.41, 5.74) is 0. The largest absolute Gasteiger partial charge is 0.480 e. The van der Waals surface area contributed by atoms with Crippen molar-refractivity contribution in [3.05, 3.63) is 0 Å². The molecule has 1 unspecified atom stereocenters. The van der Waals surface area contributed by atoms with Gasteiger partial charge in [-0.05, 0) is 6.92 Å². The standard InChI is InChI=1S/C13H23N3O5/c1-9(7-15-2-4-21-5-3-15)14-13(20)16-8-10(17)6-11(16)12(18)19/h9-11,17H,2-8H2,1H3,(H,14,20)(H,18,19)/t9?,10-,11-/m1/s1. The highest BCUT2D eigenvalue weighted by molar-refractivity contribution is 5.83. The lowest BCUT2D eigenvalue weighted by Gasteiger charge is -2.30. The number of likely N-dealkylation sites (tertiary alicyclic amines) is 1. The number of nitrogens with one attached hydrogen (secondary N) is 1. The minimum atomic E-state index is -1.08. The van der Waals surface area contributed by atoms with E-state index in [0.717, 1.165) is 13.1 Å². The maximum Gasteiger partial charge on any atom is 0.326 e. The molecule has 0 bridgehead atoms. The van der Waals surface area contributed by atoms with Crippen molar-refractivity contribution in [2.24, 2.45) is 0 Å². The van der Waals surface area contributed by atoms with Gasteiger partial charge in [0.2, 0.25) is 0 Å². The smallest absolute Gasteiger partial charge is 0.326 e. The molecule has 0 spiro atoms. The summed E-state index contributed by atoms with van der Waals surface area (Å²) in [5.74, 6) is -1.08. The molecule has 2 aliphatic rings. The van der Waals surface area contributed by atoms with E-state index in [1.807, 2.05) is 6.92 Å². The van der Waals surface area contributed by atoms with Crippen molar-refractivity contribution in [3.63, 3.8) is 0 Å². The Balaban J connectivity index is 1.83. The van der Waals surface area contributed by atoms with Crippen molar-refractivity contribution in [2.45, 2.75) is 31.5 Å². The van der Waals surface area contributed by atoms with Crippen molar-refractivity contribution in [1.82, 2.24) is 15.1 Å². The Bertz CT molecular complexity index is 386. The fourth-order valence-corrected chi connectivity index (χ4v) is 2.78. The highest BCUT2D eigenvalue weighted by Crippen LogP contribution is 2.18. The van der Waals surface area contributed by atoms with Crippen LogP contribution in [0.2, 0.25) is 0 Å². The molecule has 0 saturated carbocycles. The molecule has 2 heterocycles. The first-order valence-electron chi connectivity index (χ1n) is 7.25. The molecule has 0 radical (unpaired) electrons. The minimum Gasteiger partial charge on any atom is -0.480 e. The predicted octanol–water partition coefficient (Wildman–Crippen LogP) is -1.06. The molecule has 0 aromatic heterocycles. The highest BCUT2D eigenvalue weighted by Gasteiger charge is 2.39. The summed E-state index contributed by atoms with van der Waals surface area (Å²) >= 11 is 0. The second-order valence-electron chi connectivity index (χ2n) is 5.66. The number of rotatable bonds is 4. The molecule has 0 aliphatic carbocycles. The van der Waals surface area contributed by atoms with E-state index in [-0.39, 0.29) is 19.0 Å². The number of aliphatic hydroxyl groups excluding tert-OH is 1. The zero-order chi connectivity index (χ0) is 15.4. The molecular formula is C13H23N3O5. The van der Waals surface area contributed by atoms with Gasteiger partial charge in [0.1, 0.15) is 6.04 Å². The monoisotopic (exact) mass is 301 g/mol. The number of carbonyl (C=O) groups excluding carboxylic acids is 1. The van der Waals surface area contributed by atoms with Crippen LogP contribution in [0.4, 0.5) is 4.79 Å². The molecular weight excluding hydrogens is 278 g/mol. The van der Waals surface area contributed by atoms with Crippen LogP contribution in [0.25, 0.3) is 0 Å². The maximum absolute atomic E-state index is 12.2. The van der Waals surface area contributed by atoms with Crippen LogP contribution in [-0.4, -0.2) is 89.6 Å². The SMILES string of the molecule is CC(CN1CCOCC1)NC(=O)N1C[C@H](O)C[C@@H]1C(=O)O. The lowest BCUT2D eigenvalue weighted by Crippen LogP contribution is -2.52. The van der Waals surface area contributed by atoms with Gasteiger partial charge >= 0.3 is 12.0 Å². The van der Waals surface area contributed by atoms with Gasteiger partial charge in [-0.2, -0.15) is 0 Å². The summed E-state index contributed by atoms with van der Waals surface area (Å²) < 4.78 is 5.27. The van der Waals surface area contributed by atoms with Crippen molar-refractivity contribution < 1.29 is 24.5 Å². The first kappa shape index (κ1) is 16.0. The molecule has 2 amide bonds. The number of β-amino-alcohol motifs (C(OH)–C–C–N with tert-alkyl or cyclic N) is 1. The molecule has 2 saturated heterocycles. The fraction of sp³-hybridized carbons (Fsp3) is 0.846. The van der Waals surface area contributed by atoms with Gasteiger partial charge in [0.15, 0.2) is 0 Å². The van der Waals surface area contributed by atoms with Gasteiger partial charge < -0.3 is 25.2 Å². The van der Waals surface area contributed by atoms with Gasteiger partial charge in [0.25, 0.3) is 0 Å². The van der Waals surface area contributed by atoms with Crippen molar-refractivity contribution in [3.8, 4) is 0 Å². The zero-order valence-corrected chi connectivity index (χ0v) is 12.2. The maximum atomic E-state index is 12.2. The number of morpholine rings is 1. The van der Waals surface area contributed by atoms with E-state index in [0.29, 0.717) is 19.8 Å². The van der Waals surface area contributed by atoms with E-state index in [1.54, 1.807) is 0 Å². The Kier molecular flexibility index (Phi) is 5.38. The van der Waals surface area contributed by atoms with E-state index in [9.17, 15) is 14.7 Å². The summed E-state index contributed by atoms with van der Waals surface area (Å²) in [6.07, 6.45) is -0.688. The molecule has 21 heavy (non-hydrogen) atoms. The number of aliphatic hydroxyl groups is 1. The number of carbonyl (C=O) groups is 2. The van der Waals surface area contributed by atoms with Crippen LogP contribution in [0.1, 0.15) is 13.3 Å². The van der Waals surface area contributed by atoms with Crippen LogP contribution in [0.5, 0.6) is 0 Å². The van der Waals surface area contributed by atoms with Gasteiger partial charge in [0.05, 0.1) is 19.3 Å². The topological polar surface area (TPSA) is 102 Å². The van der Waals surface area contributed by atoms with E-state index < -0.39 is 24.1 Å². The quantitative estimate of drug-likeness (QED) is 0.611. The normalized spacial score (nSPS) is 28.4. The second kappa shape index (κ2) is 7.06. The molecule has 2 rings (SSSR count). The Morgan fingerprint density at radius 1 is 1.38 bits per heavy atom. The molecule has 2 aliphatic heterocycles. The van der Waals surface area contributed by atoms with Crippen LogP contribution in [0, 0.1) is 0 Å². The zero-order valence-electron chi connectivity index (χ0n) is 12.2. The van der Waals surface area contributed by atoms with Crippen molar-refractivity contribution >= 4 is 12.0 Å². The van der Waals surface area contributed by atoms with Gasteiger partial charge in [-0.3, -0.25) is 4.90 Å². The molecule has 8 heteroatoms. The summed E-state index contributed by atoms with van der Waals surface area (Å²) in [5, 5.41) is 21.5. The molecule has 120 valence electrons. The molecule has 3 atom stereocenters. The Hall–Kier alpha value is -1.38. The van der Waals surface area contributed by atoms with Gasteiger partial charge in [-0.1, -0.05) is 0 Å². The van der Waals surface area contributed by atoms with Gasteiger partial charge in [0, 0.05) is 38.6 Å². The number of aliphatic carboxylic acids is 1. The second-order valence-corrected chi connectivity index (χ2v) is 5.66. The number of hydrogen-bond acceptors (Lipinski definition) is 5. The van der Waals surface area contributed by atoms with E-state index >= 15 is 0 Å². The predicted molar refractivity (Wildman–Crippen MR) is 74.0 cm³/mol. The molecule has 2 fully saturated rings. The van der Waals surface area contributed by atoms with Crippen LogP contribution < -0.4 is 5.32 Å². The summed E-state index contributed by atoms with van der Waals surface area (Å²) in [7, 11) is 0. The fourth-order valence-electron chi connectivity index (χ4n) is 2.78. The third-order valence-electron chi connectivity index (χ3n) is 3.83. The van der Waals surface area contributed by atoms with Crippen LogP contribution in [-0.2, 0) is 9.53 Å². The summed E-state index contributed by atoms with van der Waals surface area (Å²) in [6.45, 7) is 5.70. The lowest BCUT2D eigenvalue weighted by atomic mass is 10.2.